The van der Waals surface area contributed by atoms with E-state index in [-0.39, 0.29) is 24.0 Å². The Morgan fingerprint density at radius 1 is 1.40 bits per heavy atom. The predicted molar refractivity (Wildman–Crippen MR) is 93.5 cm³/mol. The van der Waals surface area contributed by atoms with Crippen LogP contribution in [0.1, 0.15) is 36.7 Å². The Hall–Kier alpha value is -1.31. The Morgan fingerprint density at radius 3 is 2.65 bits per heavy atom. The maximum absolute atomic E-state index is 11.1. The summed E-state index contributed by atoms with van der Waals surface area (Å²) in [6.07, 6.45) is 0. The van der Waals surface area contributed by atoms with Crippen LogP contribution in [0.4, 0.5) is 0 Å². The number of amides is 1. The normalized spacial score (nSPS) is 10.9. The zero-order chi connectivity index (χ0) is 14.3. The molecule has 0 spiro atoms. The summed E-state index contributed by atoms with van der Waals surface area (Å²) in [5.74, 6) is 0.347. The summed E-state index contributed by atoms with van der Waals surface area (Å²) < 4.78 is 0. The number of guanidine groups is 1. The number of hydrogen-bond donors (Lipinski definition) is 3. The number of hydrogen-bond acceptors (Lipinski definition) is 2. The first kappa shape index (κ1) is 18.7. The minimum absolute atomic E-state index is 0. The molecule has 1 amide bonds. The van der Waals surface area contributed by atoms with Crippen LogP contribution in [0.5, 0.6) is 0 Å². The highest BCUT2D eigenvalue weighted by molar-refractivity contribution is 14.0. The molecule has 0 heterocycles. The summed E-state index contributed by atoms with van der Waals surface area (Å²) in [5, 5.41) is 6.40. The molecular weight excluding hydrogens is 367 g/mol. The van der Waals surface area contributed by atoms with Gasteiger partial charge in [-0.2, -0.15) is 0 Å². The van der Waals surface area contributed by atoms with Crippen molar-refractivity contribution in [2.75, 3.05) is 6.54 Å². The predicted octanol–water partition coefficient (Wildman–Crippen LogP) is 1.87. The standard InChI is InChI=1S/C14H22N4O.HI/c1-4-16-14(18-10(2)3)17-9-11-6-5-7-12(8-11)13(15)19;/h5-8,10H,4,9H2,1-3H3,(H2,15,19)(H2,16,17,18);1H. The van der Waals surface area contributed by atoms with Crippen molar-refractivity contribution in [1.29, 1.82) is 0 Å². The smallest absolute Gasteiger partial charge is 0.248 e. The lowest BCUT2D eigenvalue weighted by Crippen LogP contribution is -2.41. The van der Waals surface area contributed by atoms with Crippen LogP contribution in [0, 0.1) is 0 Å². The number of carbonyl (C=O) groups excluding carboxylic acids is 1. The average molecular weight is 390 g/mol. The van der Waals surface area contributed by atoms with E-state index in [4.69, 9.17) is 5.73 Å². The largest absolute Gasteiger partial charge is 0.366 e. The number of aliphatic imine (C=N–C) groups is 1. The van der Waals surface area contributed by atoms with E-state index in [2.05, 4.69) is 29.5 Å². The molecule has 0 aliphatic carbocycles. The van der Waals surface area contributed by atoms with Crippen LogP contribution in [0.25, 0.3) is 0 Å². The first-order chi connectivity index (χ1) is 9.02. The van der Waals surface area contributed by atoms with Gasteiger partial charge in [-0.3, -0.25) is 4.79 Å². The average Bonchev–Trinajstić information content (AvgIpc) is 2.36. The van der Waals surface area contributed by atoms with Gasteiger partial charge in [0.05, 0.1) is 6.54 Å². The minimum Gasteiger partial charge on any atom is -0.366 e. The first-order valence-corrected chi connectivity index (χ1v) is 6.46. The number of carbonyl (C=O) groups is 1. The second-order valence-corrected chi connectivity index (χ2v) is 4.56. The summed E-state index contributed by atoms with van der Waals surface area (Å²) in [6.45, 7) is 7.44. The van der Waals surface area contributed by atoms with Gasteiger partial charge in [0.15, 0.2) is 5.96 Å². The molecule has 0 radical (unpaired) electrons. The molecule has 0 bridgehead atoms. The van der Waals surface area contributed by atoms with Gasteiger partial charge in [-0.1, -0.05) is 12.1 Å². The van der Waals surface area contributed by atoms with Gasteiger partial charge in [0.2, 0.25) is 5.91 Å². The Balaban J connectivity index is 0.00000361. The molecule has 0 atom stereocenters. The van der Waals surface area contributed by atoms with E-state index in [1.54, 1.807) is 12.1 Å². The van der Waals surface area contributed by atoms with E-state index in [0.29, 0.717) is 18.2 Å². The van der Waals surface area contributed by atoms with Gasteiger partial charge in [-0.05, 0) is 38.5 Å². The van der Waals surface area contributed by atoms with Crippen molar-refractivity contribution < 1.29 is 4.79 Å². The molecule has 1 aromatic carbocycles. The molecular formula is C14H23IN4O. The lowest BCUT2D eigenvalue weighted by molar-refractivity contribution is 0.1000. The maximum atomic E-state index is 11.1. The van der Waals surface area contributed by atoms with Gasteiger partial charge in [0.1, 0.15) is 0 Å². The van der Waals surface area contributed by atoms with Crippen LogP contribution >= 0.6 is 24.0 Å². The molecule has 0 unspecified atom stereocenters. The summed E-state index contributed by atoms with van der Waals surface area (Å²) in [4.78, 5) is 15.6. The lowest BCUT2D eigenvalue weighted by Gasteiger charge is -2.14. The first-order valence-electron chi connectivity index (χ1n) is 6.46. The minimum atomic E-state index is -0.418. The van der Waals surface area contributed by atoms with Crippen LogP contribution in [0.2, 0.25) is 0 Å². The van der Waals surface area contributed by atoms with E-state index >= 15 is 0 Å². The van der Waals surface area contributed by atoms with Crippen molar-refractivity contribution in [2.24, 2.45) is 10.7 Å². The number of rotatable bonds is 5. The fourth-order valence-corrected chi connectivity index (χ4v) is 1.59. The molecule has 20 heavy (non-hydrogen) atoms. The van der Waals surface area contributed by atoms with Crippen molar-refractivity contribution in [1.82, 2.24) is 10.6 Å². The molecule has 0 aliphatic rings. The molecule has 1 rings (SSSR count). The van der Waals surface area contributed by atoms with Gasteiger partial charge < -0.3 is 16.4 Å². The zero-order valence-corrected chi connectivity index (χ0v) is 14.5. The lowest BCUT2D eigenvalue weighted by atomic mass is 10.1. The molecule has 6 heteroatoms. The number of benzene rings is 1. The summed E-state index contributed by atoms with van der Waals surface area (Å²) in [5.41, 5.74) is 6.72. The highest BCUT2D eigenvalue weighted by atomic mass is 127. The number of halogens is 1. The Morgan fingerprint density at radius 2 is 2.10 bits per heavy atom. The van der Waals surface area contributed by atoms with E-state index in [1.165, 1.54) is 0 Å². The quantitative estimate of drug-likeness (QED) is 0.408. The Kier molecular flexibility index (Phi) is 8.94. The number of nitrogens with one attached hydrogen (secondary N) is 2. The molecule has 112 valence electrons. The molecule has 0 saturated heterocycles. The second kappa shape index (κ2) is 9.57. The van der Waals surface area contributed by atoms with Crippen LogP contribution in [-0.2, 0) is 6.54 Å². The van der Waals surface area contributed by atoms with E-state index in [1.807, 2.05) is 19.1 Å². The Bertz CT molecular complexity index is 460. The van der Waals surface area contributed by atoms with Gasteiger partial charge in [-0.15, -0.1) is 24.0 Å². The molecule has 0 aliphatic heterocycles. The number of primary amides is 1. The summed E-state index contributed by atoms with van der Waals surface area (Å²) in [6, 6.07) is 7.52. The highest BCUT2D eigenvalue weighted by Crippen LogP contribution is 2.06. The fourth-order valence-electron chi connectivity index (χ4n) is 1.59. The van der Waals surface area contributed by atoms with Crippen LogP contribution < -0.4 is 16.4 Å². The van der Waals surface area contributed by atoms with Gasteiger partial charge in [0, 0.05) is 18.2 Å². The molecule has 0 saturated carbocycles. The van der Waals surface area contributed by atoms with Crippen molar-refractivity contribution in [2.45, 2.75) is 33.4 Å². The molecule has 0 fully saturated rings. The number of nitrogens with two attached hydrogens (primary N) is 1. The summed E-state index contributed by atoms with van der Waals surface area (Å²) >= 11 is 0. The van der Waals surface area contributed by atoms with Crippen molar-refractivity contribution in [3.8, 4) is 0 Å². The van der Waals surface area contributed by atoms with Crippen molar-refractivity contribution in [3.05, 3.63) is 35.4 Å². The van der Waals surface area contributed by atoms with Crippen molar-refractivity contribution in [3.63, 3.8) is 0 Å². The highest BCUT2D eigenvalue weighted by Gasteiger charge is 2.02. The summed E-state index contributed by atoms with van der Waals surface area (Å²) in [7, 11) is 0. The second-order valence-electron chi connectivity index (χ2n) is 4.56. The monoisotopic (exact) mass is 390 g/mol. The zero-order valence-electron chi connectivity index (χ0n) is 12.1. The molecule has 4 N–H and O–H groups in total. The third kappa shape index (κ3) is 6.74. The third-order valence-corrected chi connectivity index (χ3v) is 2.40. The maximum Gasteiger partial charge on any atom is 0.248 e. The molecule has 5 nitrogen and oxygen atoms in total. The SMILES string of the molecule is CCNC(=NCc1cccc(C(N)=O)c1)NC(C)C.I. The Labute approximate surface area is 137 Å². The van der Waals surface area contributed by atoms with E-state index in [0.717, 1.165) is 18.1 Å². The van der Waals surface area contributed by atoms with Gasteiger partial charge in [0.25, 0.3) is 0 Å². The van der Waals surface area contributed by atoms with E-state index < -0.39 is 5.91 Å². The number of nitrogens with zero attached hydrogens (tertiary/aromatic N) is 1. The molecule has 1 aromatic rings. The fraction of sp³-hybridized carbons (Fsp3) is 0.429. The molecule has 0 aromatic heterocycles. The topological polar surface area (TPSA) is 79.5 Å². The van der Waals surface area contributed by atoms with Gasteiger partial charge in [-0.25, -0.2) is 4.99 Å². The van der Waals surface area contributed by atoms with E-state index in [9.17, 15) is 4.79 Å². The van der Waals surface area contributed by atoms with Crippen LogP contribution in [0.3, 0.4) is 0 Å². The third-order valence-electron chi connectivity index (χ3n) is 2.40. The van der Waals surface area contributed by atoms with Gasteiger partial charge >= 0.3 is 0 Å². The van der Waals surface area contributed by atoms with Crippen LogP contribution in [-0.4, -0.2) is 24.5 Å². The van der Waals surface area contributed by atoms with Crippen molar-refractivity contribution >= 4 is 35.8 Å². The van der Waals surface area contributed by atoms with Crippen LogP contribution in [0.15, 0.2) is 29.3 Å².